The van der Waals surface area contributed by atoms with Crippen molar-refractivity contribution >= 4 is 46.1 Å². The number of amides is 2. The first-order valence-corrected chi connectivity index (χ1v) is 13.1. The number of hydrogen-bond donors (Lipinski definition) is 6. The number of nitrogens with two attached hydrogens (primary N) is 2. The highest BCUT2D eigenvalue weighted by atomic mass is 16.5. The van der Waals surface area contributed by atoms with Crippen LogP contribution in [0.15, 0.2) is 48.6 Å². The summed E-state index contributed by atoms with van der Waals surface area (Å²) >= 11 is 0. The van der Waals surface area contributed by atoms with Gasteiger partial charge >= 0.3 is 5.97 Å². The molecule has 4 rings (SSSR count). The molecule has 0 aliphatic rings. The minimum atomic E-state index is -1.09. The first kappa shape index (κ1) is 29.6. The Morgan fingerprint density at radius 3 is 2.60 bits per heavy atom. The Hall–Kier alpha value is -5.37. The number of carboxylic acids is 1. The maximum absolute atomic E-state index is 13.1. The van der Waals surface area contributed by atoms with Crippen molar-refractivity contribution in [3.05, 3.63) is 71.1 Å². The van der Waals surface area contributed by atoms with Gasteiger partial charge in [-0.05, 0) is 50.2 Å². The number of aromatic nitrogens is 4. The minimum absolute atomic E-state index is 0.00339. The number of ether oxygens (including phenoxy) is 1. The lowest BCUT2D eigenvalue weighted by Gasteiger charge is -2.15. The van der Waals surface area contributed by atoms with Crippen LogP contribution in [0.2, 0.25) is 0 Å². The van der Waals surface area contributed by atoms with Gasteiger partial charge in [-0.1, -0.05) is 12.2 Å². The van der Waals surface area contributed by atoms with Crippen LogP contribution in [-0.4, -0.2) is 67.1 Å². The summed E-state index contributed by atoms with van der Waals surface area (Å²) in [6.45, 7) is 4.55. The van der Waals surface area contributed by atoms with Gasteiger partial charge in [0.2, 0.25) is 11.9 Å². The number of rotatable bonds is 13. The lowest BCUT2D eigenvalue weighted by Crippen LogP contribution is -2.19. The molecule has 0 radical (unpaired) electrons. The summed E-state index contributed by atoms with van der Waals surface area (Å²) in [7, 11) is 0. The van der Waals surface area contributed by atoms with E-state index in [-0.39, 0.29) is 48.3 Å². The van der Waals surface area contributed by atoms with Gasteiger partial charge in [0.05, 0.1) is 34.6 Å². The largest absolute Gasteiger partial charge is 0.489 e. The zero-order chi connectivity index (χ0) is 30.4. The maximum Gasteiger partial charge on any atom is 0.335 e. The van der Waals surface area contributed by atoms with Crippen LogP contribution in [0.3, 0.4) is 0 Å². The van der Waals surface area contributed by atoms with Gasteiger partial charge in [-0.3, -0.25) is 19.6 Å². The molecule has 2 aromatic carbocycles. The molecule has 0 saturated carbocycles. The fraction of sp³-hybridized carbons (Fsp3) is 0.250. The second kappa shape index (κ2) is 12.9. The minimum Gasteiger partial charge on any atom is -0.489 e. The summed E-state index contributed by atoms with van der Waals surface area (Å²) in [5.41, 5.74) is 14.5. The van der Waals surface area contributed by atoms with Gasteiger partial charge < -0.3 is 36.3 Å². The van der Waals surface area contributed by atoms with E-state index in [0.717, 1.165) is 0 Å². The van der Waals surface area contributed by atoms with Crippen molar-refractivity contribution in [1.82, 2.24) is 19.3 Å². The molecule has 0 saturated heterocycles. The summed E-state index contributed by atoms with van der Waals surface area (Å²) in [4.78, 5) is 40.8. The van der Waals surface area contributed by atoms with Crippen LogP contribution >= 0.6 is 0 Å². The maximum atomic E-state index is 13.1. The van der Waals surface area contributed by atoms with Crippen LogP contribution < -0.4 is 26.8 Å². The molecule has 220 valence electrons. The molecule has 8 N–H and O–H groups in total. The Balaban J connectivity index is 1.57. The summed E-state index contributed by atoms with van der Waals surface area (Å²) in [6.07, 6.45) is 3.65. The van der Waals surface area contributed by atoms with Crippen LogP contribution in [0.4, 0.5) is 17.3 Å². The van der Waals surface area contributed by atoms with Gasteiger partial charge in [-0.25, -0.2) is 9.78 Å². The molecule has 0 unspecified atom stereocenters. The van der Waals surface area contributed by atoms with Gasteiger partial charge in [0.25, 0.3) is 5.91 Å². The molecular weight excluding hydrogens is 544 g/mol. The predicted molar refractivity (Wildman–Crippen MR) is 157 cm³/mol. The standard InChI is InChI=1S/C28H32N8O6/c1-3-36-22(12-16(2)34-36)26(39)33-28-32-20-14-17(27(40)41)6-7-21(20)35(28)9-5-4-8-31-24-19(29)13-18(25(30)38)15-23(24)42-11-10-37/h4-7,12-15,31,37H,3,8-11,29H2,1-2H3,(H2,30,38)(H,40,41)(H,32,33,39). The fourth-order valence-electron chi connectivity index (χ4n) is 4.34. The van der Waals surface area contributed by atoms with Crippen LogP contribution in [0.5, 0.6) is 5.75 Å². The number of anilines is 3. The van der Waals surface area contributed by atoms with E-state index in [9.17, 15) is 19.5 Å². The van der Waals surface area contributed by atoms with E-state index in [2.05, 4.69) is 20.7 Å². The number of aliphatic hydroxyl groups is 1. The molecule has 42 heavy (non-hydrogen) atoms. The Labute approximate surface area is 240 Å². The number of fused-ring (bicyclic) bond motifs is 1. The lowest BCUT2D eigenvalue weighted by molar-refractivity contribution is 0.0696. The highest BCUT2D eigenvalue weighted by Gasteiger charge is 2.19. The third-order valence-electron chi connectivity index (χ3n) is 6.27. The molecule has 2 amide bonds. The highest BCUT2D eigenvalue weighted by molar-refractivity contribution is 6.03. The Bertz CT molecular complexity index is 1670. The number of primary amides is 1. The number of nitrogen functional groups attached to an aromatic ring is 1. The van der Waals surface area contributed by atoms with E-state index in [4.69, 9.17) is 21.3 Å². The smallest absolute Gasteiger partial charge is 0.335 e. The topological polar surface area (TPSA) is 213 Å². The number of carbonyl (C=O) groups is 3. The van der Waals surface area contributed by atoms with Gasteiger partial charge in [0.1, 0.15) is 23.7 Å². The van der Waals surface area contributed by atoms with Crippen molar-refractivity contribution in [2.24, 2.45) is 5.73 Å². The molecule has 0 aliphatic heterocycles. The van der Waals surface area contributed by atoms with E-state index in [1.807, 2.05) is 19.1 Å². The molecule has 4 aromatic rings. The number of hydrogen-bond acceptors (Lipinski definition) is 9. The molecular formula is C28H32N8O6. The molecule has 0 atom stereocenters. The third kappa shape index (κ3) is 6.50. The number of imidazole rings is 1. The molecule has 0 bridgehead atoms. The number of allylic oxidation sites excluding steroid dienone is 1. The van der Waals surface area contributed by atoms with Crippen LogP contribution in [-0.2, 0) is 13.1 Å². The second-order valence-corrected chi connectivity index (χ2v) is 9.22. The van der Waals surface area contributed by atoms with E-state index in [1.54, 1.807) is 28.3 Å². The number of carboxylic acid groups (broad SMARTS) is 1. The zero-order valence-electron chi connectivity index (χ0n) is 23.1. The number of benzene rings is 2. The number of carbonyl (C=O) groups excluding carboxylic acids is 2. The SMILES string of the molecule is CCn1nc(C)cc1C(=O)Nc1nc2cc(C(=O)O)ccc2n1CC=CCNc1c(N)cc(C(N)=O)cc1OCCO. The van der Waals surface area contributed by atoms with Crippen molar-refractivity contribution in [2.75, 3.05) is 36.1 Å². The Kier molecular flexibility index (Phi) is 9.07. The fourth-order valence-corrected chi connectivity index (χ4v) is 4.34. The quantitative estimate of drug-likeness (QED) is 0.101. The van der Waals surface area contributed by atoms with Crippen molar-refractivity contribution in [1.29, 1.82) is 0 Å². The Morgan fingerprint density at radius 1 is 1.12 bits per heavy atom. The van der Waals surface area contributed by atoms with Gasteiger partial charge in [0.15, 0.2) is 0 Å². The Morgan fingerprint density at radius 2 is 1.90 bits per heavy atom. The van der Waals surface area contributed by atoms with Gasteiger partial charge in [-0.15, -0.1) is 0 Å². The van der Waals surface area contributed by atoms with Crippen LogP contribution in [0.25, 0.3) is 11.0 Å². The summed E-state index contributed by atoms with van der Waals surface area (Å²) < 4.78 is 8.87. The molecule has 0 fully saturated rings. The number of nitrogens with one attached hydrogen (secondary N) is 2. The summed E-state index contributed by atoms with van der Waals surface area (Å²) in [6, 6.07) is 9.12. The average Bonchev–Trinajstić information content (AvgIpc) is 3.51. The molecule has 2 heterocycles. The monoisotopic (exact) mass is 576 g/mol. The zero-order valence-corrected chi connectivity index (χ0v) is 23.1. The molecule has 14 heteroatoms. The van der Waals surface area contributed by atoms with Crippen LogP contribution in [0.1, 0.15) is 43.8 Å². The average molecular weight is 577 g/mol. The number of aliphatic hydroxyl groups excluding tert-OH is 1. The van der Waals surface area contributed by atoms with E-state index < -0.39 is 17.8 Å². The van der Waals surface area contributed by atoms with Crippen molar-refractivity contribution in [3.8, 4) is 5.75 Å². The second-order valence-electron chi connectivity index (χ2n) is 9.22. The first-order chi connectivity index (χ1) is 20.1. The highest BCUT2D eigenvalue weighted by Crippen LogP contribution is 2.32. The van der Waals surface area contributed by atoms with Gasteiger partial charge in [-0.2, -0.15) is 5.10 Å². The van der Waals surface area contributed by atoms with E-state index >= 15 is 0 Å². The number of aromatic carboxylic acids is 1. The number of nitrogens with zero attached hydrogens (tertiary/aromatic N) is 4. The normalized spacial score (nSPS) is 11.2. The van der Waals surface area contributed by atoms with E-state index in [0.29, 0.717) is 41.2 Å². The van der Waals surface area contributed by atoms with Crippen molar-refractivity contribution < 1.29 is 29.3 Å². The molecule has 0 aliphatic carbocycles. The first-order valence-electron chi connectivity index (χ1n) is 13.1. The van der Waals surface area contributed by atoms with E-state index in [1.165, 1.54) is 24.3 Å². The number of aryl methyl sites for hydroxylation is 2. The molecule has 14 nitrogen and oxygen atoms in total. The molecule has 2 aromatic heterocycles. The summed E-state index contributed by atoms with van der Waals surface area (Å²) in [5, 5.41) is 28.8. The predicted octanol–water partition coefficient (Wildman–Crippen LogP) is 2.23. The van der Waals surface area contributed by atoms with Crippen LogP contribution in [0, 0.1) is 6.92 Å². The lowest BCUT2D eigenvalue weighted by atomic mass is 10.1. The van der Waals surface area contributed by atoms with Crippen molar-refractivity contribution in [2.45, 2.75) is 26.9 Å². The molecule has 0 spiro atoms. The van der Waals surface area contributed by atoms with Gasteiger partial charge in [0, 0.05) is 25.2 Å². The summed E-state index contributed by atoms with van der Waals surface area (Å²) in [5.74, 6) is -1.64. The third-order valence-corrected chi connectivity index (χ3v) is 6.27. The van der Waals surface area contributed by atoms with Crippen molar-refractivity contribution in [3.63, 3.8) is 0 Å².